The maximum atomic E-state index is 14.9. The maximum Gasteiger partial charge on any atom is 0.137 e. The molecule has 29 heavy (non-hydrogen) atoms. The van der Waals surface area contributed by atoms with Crippen molar-refractivity contribution < 1.29 is 8.81 Å². The fourth-order valence-corrected chi connectivity index (χ4v) is 3.86. The zero-order valence-corrected chi connectivity index (χ0v) is 17.3. The summed E-state index contributed by atoms with van der Waals surface area (Å²) in [5, 5.41) is 5.18. The van der Waals surface area contributed by atoms with Crippen LogP contribution >= 0.6 is 0 Å². The summed E-state index contributed by atoms with van der Waals surface area (Å²) in [6.07, 6.45) is 0. The Kier molecular flexibility index (Phi) is 5.10. The molecule has 148 valence electrons. The highest BCUT2D eigenvalue weighted by atomic mass is 19.1. The number of hydrogen-bond acceptors (Lipinski definition) is 3. The Bertz CT molecular complexity index is 1240. The van der Waals surface area contributed by atoms with Gasteiger partial charge in [0.2, 0.25) is 0 Å². The van der Waals surface area contributed by atoms with Crippen LogP contribution in [0.1, 0.15) is 25.0 Å². The summed E-state index contributed by atoms with van der Waals surface area (Å²) in [5.74, 6) is 0.467. The highest BCUT2D eigenvalue weighted by Crippen LogP contribution is 2.42. The standard InChI is InChI=1S/C25H25FN2O/c1-5-27-21-13-23-18(11-15(21)3)25(17-9-7-8-10-20(17)26)19-12-16(4)22(28-6-2)14-24(19)29-23/h7-14,27H,5-6H2,1-4H3. The third-order valence-corrected chi connectivity index (χ3v) is 5.22. The number of nitrogens with one attached hydrogen (secondary N) is 1. The first-order valence-electron chi connectivity index (χ1n) is 10.0. The minimum atomic E-state index is -0.241. The van der Waals surface area contributed by atoms with Gasteiger partial charge in [0.05, 0.1) is 5.36 Å². The van der Waals surface area contributed by atoms with Crippen molar-refractivity contribution in [2.24, 2.45) is 4.99 Å². The van der Waals surface area contributed by atoms with E-state index in [2.05, 4.69) is 36.3 Å². The molecule has 1 aliphatic heterocycles. The largest absolute Gasteiger partial charge is 0.456 e. The zero-order chi connectivity index (χ0) is 20.5. The molecule has 0 saturated carbocycles. The number of aryl methyl sites for hydroxylation is 2. The third kappa shape index (κ3) is 3.39. The average Bonchev–Trinajstić information content (AvgIpc) is 2.69. The van der Waals surface area contributed by atoms with Crippen molar-refractivity contribution in [1.82, 2.24) is 0 Å². The molecule has 0 unspecified atom stereocenters. The normalized spacial score (nSPS) is 12.1. The summed E-state index contributed by atoms with van der Waals surface area (Å²) in [6.45, 7) is 9.68. The second-order valence-corrected chi connectivity index (χ2v) is 7.26. The van der Waals surface area contributed by atoms with Crippen LogP contribution in [0, 0.1) is 19.7 Å². The van der Waals surface area contributed by atoms with Gasteiger partial charge in [-0.25, -0.2) is 4.39 Å². The molecule has 0 saturated heterocycles. The molecule has 0 aromatic heterocycles. The number of benzene rings is 3. The molecule has 1 aliphatic carbocycles. The zero-order valence-electron chi connectivity index (χ0n) is 17.3. The van der Waals surface area contributed by atoms with Crippen LogP contribution < -0.4 is 10.7 Å². The van der Waals surface area contributed by atoms with Crippen LogP contribution in [-0.2, 0) is 0 Å². The predicted molar refractivity (Wildman–Crippen MR) is 118 cm³/mol. The van der Waals surface area contributed by atoms with E-state index >= 15 is 0 Å². The van der Waals surface area contributed by atoms with Gasteiger partial charge in [0.25, 0.3) is 0 Å². The molecular weight excluding hydrogens is 363 g/mol. The van der Waals surface area contributed by atoms with Crippen LogP contribution in [0.25, 0.3) is 33.4 Å². The van der Waals surface area contributed by atoms with Gasteiger partial charge in [0, 0.05) is 53.0 Å². The Morgan fingerprint density at radius 2 is 1.76 bits per heavy atom. The monoisotopic (exact) mass is 388 g/mol. The lowest BCUT2D eigenvalue weighted by Crippen LogP contribution is -2.09. The van der Waals surface area contributed by atoms with Gasteiger partial charge >= 0.3 is 0 Å². The van der Waals surface area contributed by atoms with Crippen LogP contribution in [0.15, 0.2) is 57.9 Å². The summed E-state index contributed by atoms with van der Waals surface area (Å²) in [4.78, 5) is 4.57. The molecule has 0 fully saturated rings. The van der Waals surface area contributed by atoms with E-state index in [4.69, 9.17) is 4.42 Å². The van der Waals surface area contributed by atoms with E-state index in [9.17, 15) is 4.39 Å². The molecule has 2 aliphatic rings. The van der Waals surface area contributed by atoms with Crippen molar-refractivity contribution >= 4 is 16.7 Å². The lowest BCUT2D eigenvalue weighted by atomic mass is 9.91. The minimum Gasteiger partial charge on any atom is -0.456 e. The number of halogens is 1. The molecule has 0 radical (unpaired) electrons. The highest BCUT2D eigenvalue weighted by Gasteiger charge is 2.21. The molecule has 2 aromatic carbocycles. The van der Waals surface area contributed by atoms with Gasteiger partial charge in [-0.2, -0.15) is 0 Å². The Morgan fingerprint density at radius 1 is 0.966 bits per heavy atom. The molecule has 0 amide bonds. The maximum absolute atomic E-state index is 14.9. The number of rotatable bonds is 4. The molecule has 1 N–H and O–H groups in total. The second kappa shape index (κ2) is 7.70. The first-order chi connectivity index (χ1) is 14.0. The quantitative estimate of drug-likeness (QED) is 0.416. The molecule has 4 rings (SSSR count). The van der Waals surface area contributed by atoms with Crippen molar-refractivity contribution in [2.75, 3.05) is 18.4 Å². The van der Waals surface area contributed by atoms with Crippen LogP contribution in [0.4, 0.5) is 10.1 Å². The molecule has 4 heteroatoms. The van der Waals surface area contributed by atoms with E-state index < -0.39 is 0 Å². The molecule has 0 spiro atoms. The van der Waals surface area contributed by atoms with Crippen LogP contribution in [0.2, 0.25) is 0 Å². The summed E-state index contributed by atoms with van der Waals surface area (Å²) in [7, 11) is 0. The number of nitrogens with zero attached hydrogens (tertiary/aromatic N) is 1. The average molecular weight is 388 g/mol. The lowest BCUT2D eigenvalue weighted by molar-refractivity contribution is 0.617. The van der Waals surface area contributed by atoms with E-state index in [1.807, 2.05) is 38.1 Å². The van der Waals surface area contributed by atoms with Crippen molar-refractivity contribution in [3.05, 3.63) is 70.8 Å². The predicted octanol–water partition coefficient (Wildman–Crippen LogP) is 6.31. The Balaban J connectivity index is 2.18. The summed E-state index contributed by atoms with van der Waals surface area (Å²) in [6, 6.07) is 15.0. The summed E-state index contributed by atoms with van der Waals surface area (Å²) in [5.41, 5.74) is 6.22. The van der Waals surface area contributed by atoms with E-state index in [0.717, 1.165) is 50.8 Å². The number of fused-ring (bicyclic) bond motifs is 2. The topological polar surface area (TPSA) is 37.5 Å². The molecule has 0 atom stereocenters. The van der Waals surface area contributed by atoms with Crippen molar-refractivity contribution in [1.29, 1.82) is 0 Å². The first-order valence-corrected chi connectivity index (χ1v) is 10.0. The molecule has 1 heterocycles. The Morgan fingerprint density at radius 3 is 2.48 bits per heavy atom. The van der Waals surface area contributed by atoms with Gasteiger partial charge in [-0.15, -0.1) is 0 Å². The fraction of sp³-hybridized carbons (Fsp3) is 0.240. The van der Waals surface area contributed by atoms with E-state index in [1.54, 1.807) is 6.07 Å². The fourth-order valence-electron chi connectivity index (χ4n) is 3.86. The van der Waals surface area contributed by atoms with Gasteiger partial charge < -0.3 is 9.73 Å². The third-order valence-electron chi connectivity index (χ3n) is 5.22. The number of anilines is 1. The van der Waals surface area contributed by atoms with E-state index in [0.29, 0.717) is 17.9 Å². The van der Waals surface area contributed by atoms with Crippen molar-refractivity contribution in [3.63, 3.8) is 0 Å². The van der Waals surface area contributed by atoms with Crippen molar-refractivity contribution in [2.45, 2.75) is 27.7 Å². The molecule has 0 bridgehead atoms. The minimum absolute atomic E-state index is 0.241. The Labute approximate surface area is 170 Å². The summed E-state index contributed by atoms with van der Waals surface area (Å²) < 4.78 is 21.2. The SMILES string of the molecule is CCN=c1cc2oc3cc(NCC)c(C)cc3c(-c3ccccc3F)c-2cc1C. The van der Waals surface area contributed by atoms with Gasteiger partial charge in [-0.1, -0.05) is 18.2 Å². The number of hydrogen-bond donors (Lipinski definition) is 1. The van der Waals surface area contributed by atoms with Gasteiger partial charge in [-0.3, -0.25) is 4.99 Å². The Hall–Kier alpha value is -3.14. The van der Waals surface area contributed by atoms with Gasteiger partial charge in [0.1, 0.15) is 17.2 Å². The highest BCUT2D eigenvalue weighted by molar-refractivity contribution is 6.03. The molecule has 2 aromatic rings. The first kappa shape index (κ1) is 19.2. The van der Waals surface area contributed by atoms with Gasteiger partial charge in [0.15, 0.2) is 0 Å². The molecule has 3 nitrogen and oxygen atoms in total. The molecular formula is C25H25FN2O. The van der Waals surface area contributed by atoms with Crippen LogP contribution in [0.3, 0.4) is 0 Å². The van der Waals surface area contributed by atoms with Crippen molar-refractivity contribution in [3.8, 4) is 22.5 Å². The smallest absolute Gasteiger partial charge is 0.137 e. The summed E-state index contributed by atoms with van der Waals surface area (Å²) >= 11 is 0. The van der Waals surface area contributed by atoms with E-state index in [1.165, 1.54) is 6.07 Å². The second-order valence-electron chi connectivity index (χ2n) is 7.26. The van der Waals surface area contributed by atoms with Gasteiger partial charge in [-0.05, 0) is 57.0 Å². The van der Waals surface area contributed by atoms with Crippen LogP contribution in [-0.4, -0.2) is 13.1 Å². The van der Waals surface area contributed by atoms with Crippen LogP contribution in [0.5, 0.6) is 0 Å². The lowest BCUT2D eigenvalue weighted by Gasteiger charge is -2.18. The van der Waals surface area contributed by atoms with E-state index in [-0.39, 0.29) is 5.82 Å².